The normalized spacial score (nSPS) is 11.5. The quantitative estimate of drug-likeness (QED) is 0.170. The average Bonchev–Trinajstić information content (AvgIpc) is 3.40. The van der Waals surface area contributed by atoms with Gasteiger partial charge in [-0.25, -0.2) is 4.68 Å². The predicted octanol–water partition coefficient (Wildman–Crippen LogP) is 5.46. The molecule has 0 aliphatic heterocycles. The van der Waals surface area contributed by atoms with Gasteiger partial charge in [0, 0.05) is 5.56 Å². The van der Waals surface area contributed by atoms with E-state index in [9.17, 15) is 8.42 Å². The van der Waals surface area contributed by atoms with Crippen LogP contribution >= 0.6 is 0 Å². The SMILES string of the molecule is Cc1ccc(S(=O)(=O)Oc2cc(/C=N/Nc3ccccc3)cc(-c3cn(-c4ccccc4)nn3)c2)cc1. The highest BCUT2D eigenvalue weighted by molar-refractivity contribution is 7.87. The van der Waals surface area contributed by atoms with Gasteiger partial charge in [0.15, 0.2) is 0 Å². The molecule has 0 aliphatic carbocycles. The van der Waals surface area contributed by atoms with Crippen molar-refractivity contribution in [1.82, 2.24) is 15.0 Å². The third kappa shape index (κ3) is 5.91. The van der Waals surface area contributed by atoms with Crippen LogP contribution in [0.3, 0.4) is 0 Å². The van der Waals surface area contributed by atoms with Crippen molar-refractivity contribution in [3.8, 4) is 22.7 Å². The second kappa shape index (κ2) is 10.5. The van der Waals surface area contributed by atoms with Gasteiger partial charge in [-0.05, 0) is 67.1 Å². The molecule has 8 nitrogen and oxygen atoms in total. The van der Waals surface area contributed by atoms with Crippen LogP contribution < -0.4 is 9.61 Å². The summed E-state index contributed by atoms with van der Waals surface area (Å²) >= 11 is 0. The van der Waals surface area contributed by atoms with Crippen molar-refractivity contribution in [3.63, 3.8) is 0 Å². The largest absolute Gasteiger partial charge is 0.379 e. The summed E-state index contributed by atoms with van der Waals surface area (Å²) in [6.07, 6.45) is 3.36. The van der Waals surface area contributed by atoms with Crippen LogP contribution in [0.2, 0.25) is 0 Å². The van der Waals surface area contributed by atoms with Gasteiger partial charge < -0.3 is 4.18 Å². The Kier molecular flexibility index (Phi) is 6.78. The summed E-state index contributed by atoms with van der Waals surface area (Å²) in [5.74, 6) is 0.133. The first kappa shape index (κ1) is 24.0. The van der Waals surface area contributed by atoms with E-state index in [1.807, 2.05) is 73.7 Å². The highest BCUT2D eigenvalue weighted by Crippen LogP contribution is 2.27. The third-order valence-corrected chi connectivity index (χ3v) is 6.70. The van der Waals surface area contributed by atoms with E-state index in [0.29, 0.717) is 16.8 Å². The zero-order chi connectivity index (χ0) is 25.7. The van der Waals surface area contributed by atoms with E-state index in [0.717, 1.165) is 16.9 Å². The highest BCUT2D eigenvalue weighted by Gasteiger charge is 2.18. The molecule has 0 fully saturated rings. The Balaban J connectivity index is 1.49. The number of anilines is 1. The fourth-order valence-corrected chi connectivity index (χ4v) is 4.48. The fourth-order valence-electron chi connectivity index (χ4n) is 3.57. The average molecular weight is 510 g/mol. The number of hydrogen-bond donors (Lipinski definition) is 1. The number of benzene rings is 4. The lowest BCUT2D eigenvalue weighted by atomic mass is 10.1. The first-order chi connectivity index (χ1) is 18.0. The van der Waals surface area contributed by atoms with Gasteiger partial charge in [0.05, 0.1) is 23.8 Å². The minimum absolute atomic E-state index is 0.0690. The van der Waals surface area contributed by atoms with Crippen molar-refractivity contribution in [3.05, 3.63) is 120 Å². The first-order valence-electron chi connectivity index (χ1n) is 11.4. The van der Waals surface area contributed by atoms with E-state index < -0.39 is 10.1 Å². The van der Waals surface area contributed by atoms with E-state index in [2.05, 4.69) is 20.8 Å². The summed E-state index contributed by atoms with van der Waals surface area (Å²) in [6, 6.07) is 30.6. The van der Waals surface area contributed by atoms with Gasteiger partial charge in [0.25, 0.3) is 0 Å². The number of aromatic nitrogens is 3. The second-order valence-corrected chi connectivity index (χ2v) is 9.81. The number of nitrogens with zero attached hydrogens (tertiary/aromatic N) is 4. The molecule has 4 aromatic carbocycles. The molecule has 37 heavy (non-hydrogen) atoms. The van der Waals surface area contributed by atoms with Gasteiger partial charge in [-0.3, -0.25) is 5.43 Å². The van der Waals surface area contributed by atoms with Crippen molar-refractivity contribution in [2.45, 2.75) is 11.8 Å². The number of hydrazone groups is 1. The van der Waals surface area contributed by atoms with E-state index in [1.54, 1.807) is 41.4 Å². The third-order valence-electron chi connectivity index (χ3n) is 5.44. The molecule has 5 aromatic rings. The zero-order valence-electron chi connectivity index (χ0n) is 19.9. The van der Waals surface area contributed by atoms with E-state index in [4.69, 9.17) is 4.18 Å². The van der Waals surface area contributed by atoms with Crippen molar-refractivity contribution >= 4 is 22.0 Å². The topological polar surface area (TPSA) is 98.5 Å². The van der Waals surface area contributed by atoms with Crippen molar-refractivity contribution in [2.24, 2.45) is 5.10 Å². The zero-order valence-corrected chi connectivity index (χ0v) is 20.7. The molecule has 1 N–H and O–H groups in total. The van der Waals surface area contributed by atoms with Gasteiger partial charge in [0.2, 0.25) is 0 Å². The summed E-state index contributed by atoms with van der Waals surface area (Å²) in [7, 11) is -4.05. The van der Waals surface area contributed by atoms with Gasteiger partial charge in [-0.15, -0.1) is 5.10 Å². The van der Waals surface area contributed by atoms with Gasteiger partial charge in [-0.1, -0.05) is 59.3 Å². The summed E-state index contributed by atoms with van der Waals surface area (Å²) in [6.45, 7) is 1.89. The molecule has 0 unspecified atom stereocenters. The molecule has 0 atom stereocenters. The molecule has 0 bridgehead atoms. The predicted molar refractivity (Wildman–Crippen MR) is 143 cm³/mol. The van der Waals surface area contributed by atoms with Gasteiger partial charge >= 0.3 is 10.1 Å². The lowest BCUT2D eigenvalue weighted by Gasteiger charge is -2.10. The van der Waals surface area contributed by atoms with Crippen molar-refractivity contribution in [2.75, 3.05) is 5.43 Å². The van der Waals surface area contributed by atoms with Crippen LogP contribution in [0.5, 0.6) is 5.75 Å². The molecule has 0 saturated carbocycles. The summed E-state index contributed by atoms with van der Waals surface area (Å²) < 4.78 is 33.1. The van der Waals surface area contributed by atoms with Crippen LogP contribution in [0, 0.1) is 6.92 Å². The number of rotatable bonds is 8. The van der Waals surface area contributed by atoms with Crippen LogP contribution in [0.25, 0.3) is 16.9 Å². The Morgan fingerprint density at radius 3 is 2.32 bits per heavy atom. The molecule has 9 heteroatoms. The van der Waals surface area contributed by atoms with Crippen molar-refractivity contribution in [1.29, 1.82) is 0 Å². The first-order valence-corrected chi connectivity index (χ1v) is 12.9. The number of para-hydroxylation sites is 2. The molecule has 184 valence electrons. The molecule has 0 radical (unpaired) electrons. The smallest absolute Gasteiger partial charge is 0.339 e. The molecule has 0 aliphatic rings. The number of hydrogen-bond acceptors (Lipinski definition) is 7. The van der Waals surface area contributed by atoms with E-state index >= 15 is 0 Å². The van der Waals surface area contributed by atoms with Gasteiger partial charge in [0.1, 0.15) is 16.3 Å². The van der Waals surface area contributed by atoms with Gasteiger partial charge in [-0.2, -0.15) is 13.5 Å². The molecule has 5 rings (SSSR count). The number of aryl methyl sites for hydroxylation is 1. The Morgan fingerprint density at radius 2 is 1.59 bits per heavy atom. The Bertz CT molecular complexity index is 1630. The van der Waals surface area contributed by atoms with Crippen LogP contribution in [-0.4, -0.2) is 29.6 Å². The lowest BCUT2D eigenvalue weighted by Crippen LogP contribution is -2.10. The molecular formula is C28H23N5O3S. The molecule has 0 amide bonds. The van der Waals surface area contributed by atoms with Crippen LogP contribution in [-0.2, 0) is 10.1 Å². The van der Waals surface area contributed by atoms with Crippen LogP contribution in [0.4, 0.5) is 5.69 Å². The maximum absolute atomic E-state index is 13.0. The summed E-state index contributed by atoms with van der Waals surface area (Å²) in [4.78, 5) is 0.0690. The maximum Gasteiger partial charge on any atom is 0.339 e. The minimum Gasteiger partial charge on any atom is -0.379 e. The van der Waals surface area contributed by atoms with E-state index in [1.165, 1.54) is 12.1 Å². The van der Waals surface area contributed by atoms with Crippen LogP contribution in [0.15, 0.2) is 119 Å². The maximum atomic E-state index is 13.0. The Labute approximate surface area is 215 Å². The molecule has 1 heterocycles. The molecular weight excluding hydrogens is 486 g/mol. The van der Waals surface area contributed by atoms with Crippen LogP contribution in [0.1, 0.15) is 11.1 Å². The summed E-state index contributed by atoms with van der Waals surface area (Å²) in [5, 5.41) is 12.8. The monoisotopic (exact) mass is 509 g/mol. The molecule has 0 spiro atoms. The molecule has 0 saturated heterocycles. The summed E-state index contributed by atoms with van der Waals surface area (Å²) in [5.41, 5.74) is 7.36. The highest BCUT2D eigenvalue weighted by atomic mass is 32.2. The van der Waals surface area contributed by atoms with Crippen molar-refractivity contribution < 1.29 is 12.6 Å². The fraction of sp³-hybridized carbons (Fsp3) is 0.0357. The minimum atomic E-state index is -4.05. The molecule has 1 aromatic heterocycles. The lowest BCUT2D eigenvalue weighted by molar-refractivity contribution is 0.486. The Hall–Kier alpha value is -4.76. The number of nitrogens with one attached hydrogen (secondary N) is 1. The second-order valence-electron chi connectivity index (χ2n) is 8.26. The van der Waals surface area contributed by atoms with E-state index in [-0.39, 0.29) is 10.6 Å². The Morgan fingerprint density at radius 1 is 0.892 bits per heavy atom. The standard InChI is InChI=1S/C28H23N5O3S/c1-21-12-14-27(15-13-21)37(34,35)36-26-17-22(19-29-30-24-8-4-2-5-9-24)16-23(18-26)28-20-33(32-31-28)25-10-6-3-7-11-25/h2-20,30H,1H3/b29-19+.